The maximum Gasteiger partial charge on any atom is 0.289 e. The van der Waals surface area contributed by atoms with Crippen LogP contribution in [-0.2, 0) is 4.74 Å². The van der Waals surface area contributed by atoms with Gasteiger partial charge in [0.05, 0.1) is 12.2 Å². The van der Waals surface area contributed by atoms with Gasteiger partial charge in [-0.1, -0.05) is 11.6 Å². The van der Waals surface area contributed by atoms with Crippen molar-refractivity contribution in [2.75, 3.05) is 13.1 Å². The summed E-state index contributed by atoms with van der Waals surface area (Å²) in [6.07, 6.45) is 0.0862. The van der Waals surface area contributed by atoms with E-state index in [0.717, 1.165) is 5.39 Å². The molecular formula is C15H16ClNO3. The first-order valence-electron chi connectivity index (χ1n) is 6.67. The molecule has 0 bridgehead atoms. The highest BCUT2D eigenvalue weighted by Gasteiger charge is 2.28. The number of rotatable bonds is 1. The lowest BCUT2D eigenvalue weighted by Crippen LogP contribution is -2.48. The maximum absolute atomic E-state index is 12.5. The number of halogens is 1. The molecule has 1 aromatic carbocycles. The van der Waals surface area contributed by atoms with Crippen LogP contribution in [0.25, 0.3) is 11.0 Å². The second-order valence-corrected chi connectivity index (χ2v) is 5.70. The van der Waals surface area contributed by atoms with Gasteiger partial charge in [-0.3, -0.25) is 4.79 Å². The van der Waals surface area contributed by atoms with Crippen molar-refractivity contribution in [3.05, 3.63) is 35.0 Å². The minimum absolute atomic E-state index is 0.0431. The number of fused-ring (bicyclic) bond motifs is 1. The van der Waals surface area contributed by atoms with E-state index in [2.05, 4.69) is 0 Å². The van der Waals surface area contributed by atoms with Crippen LogP contribution < -0.4 is 0 Å². The monoisotopic (exact) mass is 293 g/mol. The topological polar surface area (TPSA) is 42.7 Å². The number of hydrogen-bond donors (Lipinski definition) is 0. The summed E-state index contributed by atoms with van der Waals surface area (Å²) >= 11 is 5.94. The van der Waals surface area contributed by atoms with Crippen LogP contribution in [0.4, 0.5) is 0 Å². The average Bonchev–Trinajstić information content (AvgIpc) is 2.79. The second-order valence-electron chi connectivity index (χ2n) is 5.26. The molecule has 5 heteroatoms. The van der Waals surface area contributed by atoms with Crippen LogP contribution in [0.2, 0.25) is 5.02 Å². The van der Waals surface area contributed by atoms with Crippen LogP contribution in [0.5, 0.6) is 0 Å². The molecule has 1 saturated heterocycles. The van der Waals surface area contributed by atoms with Gasteiger partial charge < -0.3 is 14.1 Å². The van der Waals surface area contributed by atoms with Crippen LogP contribution in [0, 0.1) is 0 Å². The van der Waals surface area contributed by atoms with Gasteiger partial charge in [-0.25, -0.2) is 0 Å². The van der Waals surface area contributed by atoms with Crippen molar-refractivity contribution in [2.24, 2.45) is 0 Å². The zero-order valence-corrected chi connectivity index (χ0v) is 12.2. The third kappa shape index (κ3) is 2.53. The van der Waals surface area contributed by atoms with Gasteiger partial charge in [0, 0.05) is 23.5 Å². The van der Waals surface area contributed by atoms with E-state index in [0.29, 0.717) is 29.5 Å². The molecule has 1 amide bonds. The molecule has 0 unspecified atom stereocenters. The van der Waals surface area contributed by atoms with Gasteiger partial charge in [0.2, 0.25) is 0 Å². The average molecular weight is 294 g/mol. The number of ether oxygens (including phenoxy) is 1. The van der Waals surface area contributed by atoms with Crippen LogP contribution >= 0.6 is 11.6 Å². The van der Waals surface area contributed by atoms with Gasteiger partial charge in [0.25, 0.3) is 5.91 Å². The van der Waals surface area contributed by atoms with Crippen molar-refractivity contribution in [2.45, 2.75) is 26.1 Å². The number of carbonyl (C=O) groups is 1. The predicted octanol–water partition coefficient (Wildman–Crippen LogP) is 3.34. The molecule has 0 radical (unpaired) electrons. The molecule has 2 heterocycles. The smallest absolute Gasteiger partial charge is 0.289 e. The third-order valence-electron chi connectivity index (χ3n) is 3.40. The summed E-state index contributed by atoms with van der Waals surface area (Å²) in [6, 6.07) is 7.07. The van der Waals surface area contributed by atoms with Gasteiger partial charge in [0.15, 0.2) is 5.76 Å². The minimum atomic E-state index is -0.0978. The summed E-state index contributed by atoms with van der Waals surface area (Å²) in [6.45, 7) is 5.10. The van der Waals surface area contributed by atoms with E-state index in [4.69, 9.17) is 20.8 Å². The Hall–Kier alpha value is -1.52. The molecule has 4 nitrogen and oxygen atoms in total. The Kier molecular flexibility index (Phi) is 3.44. The van der Waals surface area contributed by atoms with E-state index in [-0.39, 0.29) is 18.1 Å². The molecule has 0 N–H and O–H groups in total. The van der Waals surface area contributed by atoms with Crippen LogP contribution in [0.15, 0.2) is 28.7 Å². The van der Waals surface area contributed by atoms with E-state index in [9.17, 15) is 4.79 Å². The van der Waals surface area contributed by atoms with Gasteiger partial charge in [0.1, 0.15) is 5.58 Å². The molecule has 1 aromatic heterocycles. The Bertz CT molecular complexity index is 642. The predicted molar refractivity (Wildman–Crippen MR) is 77.1 cm³/mol. The summed E-state index contributed by atoms with van der Waals surface area (Å²) in [5.74, 6) is 0.253. The fourth-order valence-corrected chi connectivity index (χ4v) is 2.80. The molecule has 0 aliphatic carbocycles. The SMILES string of the molecule is C[C@@H]1CN(C(=O)c2cc3cc(Cl)ccc3o2)C[C@@H](C)O1. The number of carbonyl (C=O) groups excluding carboxylic acids is 1. The molecule has 20 heavy (non-hydrogen) atoms. The van der Waals surface area contributed by atoms with Crippen molar-refractivity contribution >= 4 is 28.5 Å². The van der Waals surface area contributed by atoms with Crippen LogP contribution in [0.1, 0.15) is 24.4 Å². The first-order chi connectivity index (χ1) is 9.52. The van der Waals surface area contributed by atoms with E-state index in [1.807, 2.05) is 13.8 Å². The highest BCUT2D eigenvalue weighted by molar-refractivity contribution is 6.31. The van der Waals surface area contributed by atoms with Crippen LogP contribution in [-0.4, -0.2) is 36.1 Å². The Morgan fingerprint density at radius 3 is 2.65 bits per heavy atom. The Labute approximate surface area is 122 Å². The fraction of sp³-hybridized carbons (Fsp3) is 0.400. The highest BCUT2D eigenvalue weighted by atomic mass is 35.5. The molecule has 1 aliphatic rings. The third-order valence-corrected chi connectivity index (χ3v) is 3.63. The number of hydrogen-bond acceptors (Lipinski definition) is 3. The van der Waals surface area contributed by atoms with Crippen molar-refractivity contribution < 1.29 is 13.9 Å². The van der Waals surface area contributed by atoms with Gasteiger partial charge in [-0.15, -0.1) is 0 Å². The molecule has 1 aliphatic heterocycles. The lowest BCUT2D eigenvalue weighted by atomic mass is 10.2. The Morgan fingerprint density at radius 1 is 1.25 bits per heavy atom. The summed E-state index contributed by atoms with van der Waals surface area (Å²) in [7, 11) is 0. The molecule has 3 rings (SSSR count). The first kappa shape index (κ1) is 13.5. The maximum atomic E-state index is 12.5. The number of morpholine rings is 1. The van der Waals surface area contributed by atoms with Gasteiger partial charge >= 0.3 is 0 Å². The van der Waals surface area contributed by atoms with Crippen molar-refractivity contribution in [1.82, 2.24) is 4.90 Å². The van der Waals surface area contributed by atoms with Crippen molar-refractivity contribution in [3.8, 4) is 0 Å². The lowest BCUT2D eigenvalue weighted by Gasteiger charge is -2.34. The molecular weight excluding hydrogens is 278 g/mol. The Morgan fingerprint density at radius 2 is 1.95 bits per heavy atom. The van der Waals surface area contributed by atoms with E-state index < -0.39 is 0 Å². The molecule has 106 valence electrons. The van der Waals surface area contributed by atoms with E-state index >= 15 is 0 Å². The minimum Gasteiger partial charge on any atom is -0.451 e. The van der Waals surface area contributed by atoms with Crippen LogP contribution in [0.3, 0.4) is 0 Å². The fourth-order valence-electron chi connectivity index (χ4n) is 2.62. The standard InChI is InChI=1S/C15H16ClNO3/c1-9-7-17(8-10(2)19-9)15(18)14-6-11-5-12(16)3-4-13(11)20-14/h3-6,9-10H,7-8H2,1-2H3/t9-,10-/m1/s1. The zero-order chi connectivity index (χ0) is 14.3. The molecule has 2 aromatic rings. The van der Waals surface area contributed by atoms with E-state index in [1.54, 1.807) is 29.2 Å². The second kappa shape index (κ2) is 5.11. The summed E-state index contributed by atoms with van der Waals surface area (Å²) < 4.78 is 11.3. The summed E-state index contributed by atoms with van der Waals surface area (Å²) in [4.78, 5) is 14.3. The van der Waals surface area contributed by atoms with Crippen molar-refractivity contribution in [1.29, 1.82) is 0 Å². The number of furan rings is 1. The lowest BCUT2D eigenvalue weighted by molar-refractivity contribution is -0.0591. The number of nitrogens with zero attached hydrogens (tertiary/aromatic N) is 1. The zero-order valence-electron chi connectivity index (χ0n) is 11.4. The van der Waals surface area contributed by atoms with Gasteiger partial charge in [-0.2, -0.15) is 0 Å². The molecule has 1 fully saturated rings. The van der Waals surface area contributed by atoms with Crippen molar-refractivity contribution in [3.63, 3.8) is 0 Å². The highest BCUT2D eigenvalue weighted by Crippen LogP contribution is 2.24. The van der Waals surface area contributed by atoms with Gasteiger partial charge in [-0.05, 0) is 38.1 Å². The quantitative estimate of drug-likeness (QED) is 0.810. The Balaban J connectivity index is 1.88. The molecule has 2 atom stereocenters. The number of benzene rings is 1. The van der Waals surface area contributed by atoms with E-state index in [1.165, 1.54) is 0 Å². The molecule has 0 saturated carbocycles. The summed E-state index contributed by atoms with van der Waals surface area (Å²) in [5.41, 5.74) is 0.673. The summed E-state index contributed by atoms with van der Waals surface area (Å²) in [5, 5.41) is 1.47. The largest absolute Gasteiger partial charge is 0.451 e. The number of amides is 1. The molecule has 0 spiro atoms. The first-order valence-corrected chi connectivity index (χ1v) is 7.04. The normalized spacial score (nSPS) is 23.2.